The number of nitro groups is 2. The molecule has 2 aromatic rings. The molecule has 2 aromatic carbocycles. The molecule has 150 valence electrons. The average molecular weight is 390 g/mol. The monoisotopic (exact) mass is 390 g/mol. The third-order valence-corrected chi connectivity index (χ3v) is 3.91. The normalized spacial score (nSPS) is 10.5. The number of hydrogen-bond donors (Lipinski definition) is 2. The molecular weight excluding hydrogens is 368 g/mol. The summed E-state index contributed by atoms with van der Waals surface area (Å²) in [6, 6.07) is 6.00. The molecule has 10 heteroatoms. The minimum atomic E-state index is -0.541. The lowest BCUT2D eigenvalue weighted by molar-refractivity contribution is -0.386. The zero-order valence-electron chi connectivity index (χ0n) is 15.6. The second kappa shape index (κ2) is 8.89. The Bertz CT molecular complexity index is 827. The van der Waals surface area contributed by atoms with Gasteiger partial charge in [-0.3, -0.25) is 20.2 Å². The molecule has 0 heterocycles. The Morgan fingerprint density at radius 3 is 1.46 bits per heavy atom. The van der Waals surface area contributed by atoms with Gasteiger partial charge in [-0.15, -0.1) is 0 Å². The van der Waals surface area contributed by atoms with Gasteiger partial charge in [0.15, 0.2) is 0 Å². The molecule has 0 saturated carbocycles. The largest absolute Gasteiger partial charge is 0.485 e. The fraction of sp³-hybridized carbons (Fsp3) is 0.333. The molecule has 0 unspecified atom stereocenters. The van der Waals surface area contributed by atoms with E-state index >= 15 is 0 Å². The van der Waals surface area contributed by atoms with Gasteiger partial charge >= 0.3 is 11.4 Å². The summed E-state index contributed by atoms with van der Waals surface area (Å²) in [5, 5.41) is 22.3. The minimum Gasteiger partial charge on any atom is -0.485 e. The summed E-state index contributed by atoms with van der Waals surface area (Å²) in [5.41, 5.74) is 13.0. The zero-order valence-corrected chi connectivity index (χ0v) is 15.6. The molecule has 0 spiro atoms. The highest BCUT2D eigenvalue weighted by Crippen LogP contribution is 2.35. The molecule has 0 aliphatic carbocycles. The van der Waals surface area contributed by atoms with Crippen LogP contribution in [-0.4, -0.2) is 23.1 Å². The number of rotatable bonds is 9. The van der Waals surface area contributed by atoms with E-state index in [9.17, 15) is 20.2 Å². The van der Waals surface area contributed by atoms with Gasteiger partial charge < -0.3 is 20.9 Å². The third kappa shape index (κ3) is 5.00. The van der Waals surface area contributed by atoms with Crippen LogP contribution in [0.2, 0.25) is 0 Å². The van der Waals surface area contributed by atoms with Crippen LogP contribution in [0.4, 0.5) is 22.7 Å². The highest BCUT2D eigenvalue weighted by molar-refractivity contribution is 5.66. The topological polar surface area (TPSA) is 157 Å². The molecule has 0 saturated heterocycles. The summed E-state index contributed by atoms with van der Waals surface area (Å²) in [5.74, 6) is 0.0740. The van der Waals surface area contributed by atoms with Crippen molar-refractivity contribution in [3.8, 4) is 11.5 Å². The number of ether oxygens (including phenoxy) is 2. The first-order valence-electron chi connectivity index (χ1n) is 8.55. The lowest BCUT2D eigenvalue weighted by Gasteiger charge is -2.12. The Hall–Kier alpha value is -3.56. The quantitative estimate of drug-likeness (QED) is 0.285. The van der Waals surface area contributed by atoms with Crippen LogP contribution in [-0.2, 0) is 0 Å². The van der Waals surface area contributed by atoms with E-state index in [0.717, 1.165) is 0 Å². The summed E-state index contributed by atoms with van der Waals surface area (Å²) in [6.07, 6.45) is 1.01. The summed E-state index contributed by atoms with van der Waals surface area (Å²) >= 11 is 0. The second-order valence-corrected chi connectivity index (χ2v) is 6.32. The van der Waals surface area contributed by atoms with Gasteiger partial charge in [0.1, 0.15) is 0 Å². The van der Waals surface area contributed by atoms with E-state index in [1.807, 2.05) is 0 Å². The molecule has 4 N–H and O–H groups in total. The van der Waals surface area contributed by atoms with Crippen molar-refractivity contribution in [2.45, 2.75) is 26.7 Å². The SMILES string of the molecule is Cc1cc(N)c(OCCCCOc2c(N)cc(C)cc2[N+](=O)[O-])c([N+](=O)[O-])c1. The van der Waals surface area contributed by atoms with Crippen LogP contribution in [0.1, 0.15) is 24.0 Å². The number of unbranched alkanes of at least 4 members (excludes halogenated alkanes) is 1. The molecule has 0 atom stereocenters. The van der Waals surface area contributed by atoms with Gasteiger partial charge in [-0.25, -0.2) is 0 Å². The number of nitro benzene ring substituents is 2. The first kappa shape index (κ1) is 20.7. The fourth-order valence-electron chi connectivity index (χ4n) is 2.70. The van der Waals surface area contributed by atoms with Crippen molar-refractivity contribution in [1.82, 2.24) is 0 Å². The first-order valence-corrected chi connectivity index (χ1v) is 8.55. The van der Waals surface area contributed by atoms with Gasteiger partial charge in [-0.05, 0) is 49.9 Å². The maximum atomic E-state index is 11.1. The van der Waals surface area contributed by atoms with E-state index in [0.29, 0.717) is 24.0 Å². The van der Waals surface area contributed by atoms with Crippen LogP contribution in [0.5, 0.6) is 11.5 Å². The Kier molecular flexibility index (Phi) is 6.59. The van der Waals surface area contributed by atoms with Crippen molar-refractivity contribution < 1.29 is 19.3 Å². The fourth-order valence-corrected chi connectivity index (χ4v) is 2.70. The van der Waals surface area contributed by atoms with Gasteiger partial charge in [0, 0.05) is 12.1 Å². The second-order valence-electron chi connectivity index (χ2n) is 6.32. The van der Waals surface area contributed by atoms with Crippen molar-refractivity contribution in [2.75, 3.05) is 24.7 Å². The predicted octanol–water partition coefficient (Wildman–Crippen LogP) is 3.52. The van der Waals surface area contributed by atoms with E-state index in [-0.39, 0.29) is 47.5 Å². The van der Waals surface area contributed by atoms with Crippen LogP contribution in [0.25, 0.3) is 0 Å². The van der Waals surface area contributed by atoms with Crippen LogP contribution < -0.4 is 20.9 Å². The van der Waals surface area contributed by atoms with Crippen LogP contribution in [0, 0.1) is 34.1 Å². The highest BCUT2D eigenvalue weighted by atomic mass is 16.6. The zero-order chi connectivity index (χ0) is 20.8. The molecular formula is C18H22N4O6. The van der Waals surface area contributed by atoms with Crippen molar-refractivity contribution >= 4 is 22.7 Å². The van der Waals surface area contributed by atoms with E-state index in [1.165, 1.54) is 12.1 Å². The standard InChI is InChI=1S/C18H22N4O6/c1-11-7-13(19)17(15(9-11)21(23)24)27-5-3-4-6-28-18-14(20)8-12(2)10-16(18)22(25)26/h7-10H,3-6,19-20H2,1-2H3. The maximum absolute atomic E-state index is 11.1. The van der Waals surface area contributed by atoms with Gasteiger partial charge in [0.05, 0.1) is 34.4 Å². The molecule has 0 aliphatic rings. The van der Waals surface area contributed by atoms with Crippen molar-refractivity contribution in [3.05, 3.63) is 55.6 Å². The lowest BCUT2D eigenvalue weighted by Crippen LogP contribution is -2.07. The lowest BCUT2D eigenvalue weighted by atomic mass is 10.2. The van der Waals surface area contributed by atoms with E-state index < -0.39 is 9.85 Å². The molecule has 0 radical (unpaired) electrons. The molecule has 0 aliphatic heterocycles. The molecule has 0 bridgehead atoms. The Balaban J connectivity index is 1.91. The maximum Gasteiger partial charge on any atom is 0.313 e. The van der Waals surface area contributed by atoms with Crippen LogP contribution in [0.3, 0.4) is 0 Å². The molecule has 28 heavy (non-hydrogen) atoms. The first-order chi connectivity index (χ1) is 13.2. The van der Waals surface area contributed by atoms with Crippen molar-refractivity contribution in [3.63, 3.8) is 0 Å². The number of benzene rings is 2. The number of nitrogens with zero attached hydrogens (tertiary/aromatic N) is 2. The smallest absolute Gasteiger partial charge is 0.313 e. The average Bonchev–Trinajstić information content (AvgIpc) is 2.59. The molecule has 0 amide bonds. The molecule has 0 aromatic heterocycles. The highest BCUT2D eigenvalue weighted by Gasteiger charge is 2.20. The van der Waals surface area contributed by atoms with Gasteiger partial charge in [0.2, 0.25) is 11.5 Å². The number of hydrogen-bond acceptors (Lipinski definition) is 8. The number of nitrogens with two attached hydrogens (primary N) is 2. The summed E-state index contributed by atoms with van der Waals surface area (Å²) in [4.78, 5) is 21.2. The molecule has 0 fully saturated rings. The Morgan fingerprint density at radius 2 is 1.14 bits per heavy atom. The number of nitrogen functional groups attached to an aromatic ring is 2. The minimum absolute atomic E-state index is 0.0370. The van der Waals surface area contributed by atoms with Crippen LogP contribution in [0.15, 0.2) is 24.3 Å². The van der Waals surface area contributed by atoms with Crippen LogP contribution >= 0.6 is 0 Å². The van der Waals surface area contributed by atoms with Gasteiger partial charge in [-0.2, -0.15) is 0 Å². The van der Waals surface area contributed by atoms with E-state index in [1.54, 1.807) is 26.0 Å². The van der Waals surface area contributed by atoms with E-state index in [4.69, 9.17) is 20.9 Å². The number of anilines is 2. The predicted molar refractivity (Wildman–Crippen MR) is 105 cm³/mol. The van der Waals surface area contributed by atoms with Crippen molar-refractivity contribution in [1.29, 1.82) is 0 Å². The Morgan fingerprint density at radius 1 is 0.786 bits per heavy atom. The van der Waals surface area contributed by atoms with Crippen molar-refractivity contribution in [2.24, 2.45) is 0 Å². The summed E-state index contributed by atoms with van der Waals surface area (Å²) in [7, 11) is 0. The van der Waals surface area contributed by atoms with Gasteiger partial charge in [0.25, 0.3) is 0 Å². The molecule has 2 rings (SSSR count). The van der Waals surface area contributed by atoms with Gasteiger partial charge in [-0.1, -0.05) is 0 Å². The van der Waals surface area contributed by atoms with E-state index in [2.05, 4.69) is 0 Å². The summed E-state index contributed by atoms with van der Waals surface area (Å²) in [6.45, 7) is 3.78. The third-order valence-electron chi connectivity index (χ3n) is 3.91. The number of aryl methyl sites for hydroxylation is 2. The summed E-state index contributed by atoms with van der Waals surface area (Å²) < 4.78 is 11.0. The Labute approximate surface area is 161 Å². The molecule has 10 nitrogen and oxygen atoms in total.